The minimum Gasteiger partial charge on any atom is -0.450 e. The molecule has 1 unspecified atom stereocenters. The van der Waals surface area contributed by atoms with Crippen LogP contribution in [0, 0.1) is 29.6 Å². The van der Waals surface area contributed by atoms with E-state index in [2.05, 4.69) is 6.92 Å². The molecule has 0 radical (unpaired) electrons. The van der Waals surface area contributed by atoms with Gasteiger partial charge in [-0.2, -0.15) is 0 Å². The fraction of sp³-hybridized carbons (Fsp3) is 0.867. The molecule has 3 heteroatoms. The van der Waals surface area contributed by atoms with E-state index in [1.54, 1.807) is 0 Å². The molecule has 1 aliphatic heterocycles. The summed E-state index contributed by atoms with van der Waals surface area (Å²) in [5.41, 5.74) is -0.758. The maximum absolute atomic E-state index is 12.7. The summed E-state index contributed by atoms with van der Waals surface area (Å²) >= 11 is 0. The molecular weight excluding hydrogens is 228 g/mol. The van der Waals surface area contributed by atoms with Gasteiger partial charge in [0.15, 0.2) is 11.4 Å². The highest BCUT2D eigenvalue weighted by atomic mass is 16.6. The first kappa shape index (κ1) is 12.2. The van der Waals surface area contributed by atoms with Gasteiger partial charge in [0, 0.05) is 17.8 Å². The standard InChI is InChI=1S/C15H22O3/c1-8-4-7-12-10(3)14(17)18-15(12)11(8)6-5-9(2)13(15)16/h8-12H,4-7H2,1-3H3/t8-,9?,10+,11+,12+,15-/m1/s1. The number of carbonyl (C=O) groups excluding carboxylic acids is 2. The van der Waals surface area contributed by atoms with E-state index >= 15 is 0 Å². The Labute approximate surface area is 108 Å². The Kier molecular flexibility index (Phi) is 2.58. The van der Waals surface area contributed by atoms with E-state index in [-0.39, 0.29) is 35.4 Å². The lowest BCUT2D eigenvalue weighted by Crippen LogP contribution is -2.60. The van der Waals surface area contributed by atoms with Gasteiger partial charge in [0.1, 0.15) is 0 Å². The molecule has 0 aromatic heterocycles. The fourth-order valence-corrected chi connectivity index (χ4v) is 4.61. The quantitative estimate of drug-likeness (QED) is 0.621. The van der Waals surface area contributed by atoms with Crippen molar-refractivity contribution in [3.8, 4) is 0 Å². The van der Waals surface area contributed by atoms with Gasteiger partial charge >= 0.3 is 5.97 Å². The van der Waals surface area contributed by atoms with Gasteiger partial charge in [-0.25, -0.2) is 0 Å². The molecule has 1 heterocycles. The lowest BCUT2D eigenvalue weighted by molar-refractivity contribution is -0.180. The van der Waals surface area contributed by atoms with Crippen LogP contribution < -0.4 is 0 Å². The average molecular weight is 250 g/mol. The second kappa shape index (κ2) is 3.82. The van der Waals surface area contributed by atoms with Crippen molar-refractivity contribution < 1.29 is 14.3 Å². The molecule has 100 valence electrons. The summed E-state index contributed by atoms with van der Waals surface area (Å²) < 4.78 is 5.73. The summed E-state index contributed by atoms with van der Waals surface area (Å²) in [5.74, 6) is 0.877. The van der Waals surface area contributed by atoms with E-state index in [0.29, 0.717) is 5.92 Å². The summed E-state index contributed by atoms with van der Waals surface area (Å²) in [4.78, 5) is 24.7. The molecule has 6 atom stereocenters. The van der Waals surface area contributed by atoms with Crippen LogP contribution in [-0.2, 0) is 14.3 Å². The first-order chi connectivity index (χ1) is 8.48. The molecular formula is C15H22O3. The van der Waals surface area contributed by atoms with Crippen LogP contribution in [0.15, 0.2) is 0 Å². The Balaban J connectivity index is 2.08. The summed E-state index contributed by atoms with van der Waals surface area (Å²) in [6.45, 7) is 6.13. The summed E-state index contributed by atoms with van der Waals surface area (Å²) in [5, 5.41) is 0. The number of carbonyl (C=O) groups is 2. The van der Waals surface area contributed by atoms with Crippen LogP contribution in [-0.4, -0.2) is 17.4 Å². The average Bonchev–Trinajstić information content (AvgIpc) is 2.59. The molecule has 1 spiro atoms. The number of ether oxygens (including phenoxy) is 1. The molecule has 3 nitrogen and oxygen atoms in total. The summed E-state index contributed by atoms with van der Waals surface area (Å²) in [7, 11) is 0. The zero-order valence-electron chi connectivity index (χ0n) is 11.4. The van der Waals surface area contributed by atoms with E-state index in [1.807, 2.05) is 13.8 Å². The van der Waals surface area contributed by atoms with Gasteiger partial charge in [-0.05, 0) is 31.6 Å². The Bertz CT molecular complexity index is 403. The Morgan fingerprint density at radius 2 is 1.67 bits per heavy atom. The SMILES string of the molecule is CC1CC[C@H]2[C@H](C)CC[C@H]3[C@H](C)C(=O)O[C@]23C1=O. The lowest BCUT2D eigenvalue weighted by Gasteiger charge is -2.50. The van der Waals surface area contributed by atoms with Crippen LogP contribution in [0.1, 0.15) is 46.5 Å². The van der Waals surface area contributed by atoms with Crippen molar-refractivity contribution in [1.82, 2.24) is 0 Å². The molecule has 0 aromatic rings. The molecule has 1 saturated heterocycles. The lowest BCUT2D eigenvalue weighted by atomic mass is 9.55. The topological polar surface area (TPSA) is 43.4 Å². The third-order valence-electron chi connectivity index (χ3n) is 5.71. The van der Waals surface area contributed by atoms with Gasteiger partial charge < -0.3 is 4.74 Å². The highest BCUT2D eigenvalue weighted by Gasteiger charge is 2.66. The van der Waals surface area contributed by atoms with Crippen molar-refractivity contribution in [3.63, 3.8) is 0 Å². The van der Waals surface area contributed by atoms with Crippen molar-refractivity contribution >= 4 is 11.8 Å². The molecule has 0 amide bonds. The number of hydrogen-bond acceptors (Lipinski definition) is 3. The third kappa shape index (κ3) is 1.31. The Hall–Kier alpha value is -0.860. The van der Waals surface area contributed by atoms with Crippen LogP contribution in [0.25, 0.3) is 0 Å². The van der Waals surface area contributed by atoms with Crippen LogP contribution in [0.4, 0.5) is 0 Å². The monoisotopic (exact) mass is 250 g/mol. The maximum atomic E-state index is 12.7. The van der Waals surface area contributed by atoms with Gasteiger partial charge in [-0.3, -0.25) is 9.59 Å². The van der Waals surface area contributed by atoms with Gasteiger partial charge in [0.05, 0.1) is 5.92 Å². The first-order valence-electron chi connectivity index (χ1n) is 7.25. The first-order valence-corrected chi connectivity index (χ1v) is 7.25. The van der Waals surface area contributed by atoms with Crippen LogP contribution in [0.2, 0.25) is 0 Å². The largest absolute Gasteiger partial charge is 0.450 e. The summed E-state index contributed by atoms with van der Waals surface area (Å²) in [6, 6.07) is 0. The number of esters is 1. The van der Waals surface area contributed by atoms with Crippen LogP contribution in [0.5, 0.6) is 0 Å². The van der Waals surface area contributed by atoms with Gasteiger partial charge in [0.25, 0.3) is 0 Å². The van der Waals surface area contributed by atoms with Gasteiger partial charge in [0.2, 0.25) is 0 Å². The van der Waals surface area contributed by atoms with E-state index < -0.39 is 5.60 Å². The zero-order chi connectivity index (χ0) is 13.1. The van der Waals surface area contributed by atoms with E-state index in [1.165, 1.54) is 0 Å². The predicted octanol–water partition coefficient (Wildman–Crippen LogP) is 2.58. The molecule has 18 heavy (non-hydrogen) atoms. The molecule has 0 aromatic carbocycles. The number of ketones is 1. The second-order valence-corrected chi connectivity index (χ2v) is 6.61. The number of Topliss-reactive ketones (excluding diaryl/α,β-unsaturated/α-hetero) is 1. The predicted molar refractivity (Wildman–Crippen MR) is 66.8 cm³/mol. The van der Waals surface area contributed by atoms with Gasteiger partial charge in [-0.15, -0.1) is 0 Å². The van der Waals surface area contributed by atoms with Crippen molar-refractivity contribution in [2.24, 2.45) is 29.6 Å². The van der Waals surface area contributed by atoms with Crippen molar-refractivity contribution in [2.45, 2.75) is 52.1 Å². The molecule has 3 aliphatic rings. The molecule has 3 fully saturated rings. The minimum atomic E-state index is -0.758. The molecule has 0 N–H and O–H groups in total. The van der Waals surface area contributed by atoms with E-state index in [9.17, 15) is 9.59 Å². The Morgan fingerprint density at radius 3 is 2.39 bits per heavy atom. The maximum Gasteiger partial charge on any atom is 0.310 e. The molecule has 0 bridgehead atoms. The van der Waals surface area contributed by atoms with Crippen molar-refractivity contribution in [2.75, 3.05) is 0 Å². The van der Waals surface area contributed by atoms with Gasteiger partial charge in [-0.1, -0.05) is 20.8 Å². The highest BCUT2D eigenvalue weighted by Crippen LogP contribution is 2.56. The third-order valence-corrected chi connectivity index (χ3v) is 5.71. The molecule has 3 rings (SSSR count). The van der Waals surface area contributed by atoms with Crippen LogP contribution >= 0.6 is 0 Å². The van der Waals surface area contributed by atoms with E-state index in [0.717, 1.165) is 25.7 Å². The highest BCUT2D eigenvalue weighted by molar-refractivity contribution is 5.95. The van der Waals surface area contributed by atoms with Crippen molar-refractivity contribution in [1.29, 1.82) is 0 Å². The smallest absolute Gasteiger partial charge is 0.310 e. The second-order valence-electron chi connectivity index (χ2n) is 6.61. The van der Waals surface area contributed by atoms with Crippen molar-refractivity contribution in [3.05, 3.63) is 0 Å². The number of hydrogen-bond donors (Lipinski definition) is 0. The molecule has 2 saturated carbocycles. The fourth-order valence-electron chi connectivity index (χ4n) is 4.61. The normalized spacial score (nSPS) is 51.6. The Morgan fingerprint density at radius 1 is 1.00 bits per heavy atom. The zero-order valence-corrected chi connectivity index (χ0v) is 11.4. The summed E-state index contributed by atoms with van der Waals surface area (Å²) in [6.07, 6.45) is 4.07. The van der Waals surface area contributed by atoms with Crippen LogP contribution in [0.3, 0.4) is 0 Å². The molecule has 2 aliphatic carbocycles. The number of rotatable bonds is 0. The van der Waals surface area contributed by atoms with E-state index in [4.69, 9.17) is 4.74 Å². The minimum absolute atomic E-state index is 0.0483.